The summed E-state index contributed by atoms with van der Waals surface area (Å²) in [6.45, 7) is 15.0. The maximum absolute atomic E-state index is 6.06. The van der Waals surface area contributed by atoms with Crippen LogP contribution in [-0.4, -0.2) is 35.9 Å². The molecule has 7 heteroatoms. The standard InChI is InChI=1S/C8H23O3Si4/c1-8-15(9-12(2)3,10-13(4)5)11-14(6)7/h8H2,1-7H3. The van der Waals surface area contributed by atoms with Crippen molar-refractivity contribution in [1.29, 1.82) is 0 Å². The Hall–Kier alpha value is 0.748. The van der Waals surface area contributed by atoms with Crippen LogP contribution in [0.25, 0.3) is 0 Å². The highest BCUT2D eigenvalue weighted by Crippen LogP contribution is 2.19. The highest BCUT2D eigenvalue weighted by molar-refractivity contribution is 6.79. The van der Waals surface area contributed by atoms with Crippen molar-refractivity contribution in [1.82, 2.24) is 0 Å². The summed E-state index contributed by atoms with van der Waals surface area (Å²) < 4.78 is 18.2. The van der Waals surface area contributed by atoms with Crippen LogP contribution in [0.4, 0.5) is 0 Å². The average Bonchev–Trinajstić information content (AvgIpc) is 1.99. The molecule has 3 nitrogen and oxygen atoms in total. The molecule has 0 fully saturated rings. The predicted molar refractivity (Wildman–Crippen MR) is 71.9 cm³/mol. The van der Waals surface area contributed by atoms with E-state index < -0.39 is 35.9 Å². The highest BCUT2D eigenvalue weighted by atomic mass is 28.5. The van der Waals surface area contributed by atoms with Crippen LogP contribution >= 0.6 is 0 Å². The third-order valence-corrected chi connectivity index (χ3v) is 11.0. The SMILES string of the molecule is CC[Si](O[Si](C)C)(O[Si](C)C)O[Si](C)C. The Bertz CT molecular complexity index is 149. The summed E-state index contributed by atoms with van der Waals surface area (Å²) in [6, 6.07) is 0.897. The molecular formula is C8H23O3Si4. The molecule has 0 atom stereocenters. The molecule has 0 N–H and O–H groups in total. The van der Waals surface area contributed by atoms with Crippen LogP contribution in [0.5, 0.6) is 0 Å². The Kier molecular flexibility index (Phi) is 7.50. The fraction of sp³-hybridized carbons (Fsp3) is 1.00. The van der Waals surface area contributed by atoms with E-state index in [1.807, 2.05) is 0 Å². The lowest BCUT2D eigenvalue weighted by atomic mass is 11.0. The van der Waals surface area contributed by atoms with Crippen LogP contribution < -0.4 is 0 Å². The van der Waals surface area contributed by atoms with Gasteiger partial charge in [0, 0.05) is 6.04 Å². The molecule has 0 aliphatic carbocycles. The van der Waals surface area contributed by atoms with Crippen molar-refractivity contribution < 1.29 is 12.3 Å². The van der Waals surface area contributed by atoms with E-state index in [9.17, 15) is 0 Å². The van der Waals surface area contributed by atoms with Crippen molar-refractivity contribution in [3.05, 3.63) is 0 Å². The molecule has 15 heavy (non-hydrogen) atoms. The monoisotopic (exact) mass is 279 g/mol. The first kappa shape index (κ1) is 15.7. The van der Waals surface area contributed by atoms with Gasteiger partial charge in [0.1, 0.15) is 0 Å². The minimum Gasteiger partial charge on any atom is -0.416 e. The van der Waals surface area contributed by atoms with E-state index in [-0.39, 0.29) is 0 Å². The fourth-order valence-electron chi connectivity index (χ4n) is 1.21. The number of rotatable bonds is 7. The molecule has 0 bridgehead atoms. The molecule has 0 heterocycles. The third kappa shape index (κ3) is 6.82. The second-order valence-electron chi connectivity index (χ2n) is 4.07. The lowest BCUT2D eigenvalue weighted by Crippen LogP contribution is -2.52. The molecule has 89 valence electrons. The van der Waals surface area contributed by atoms with Gasteiger partial charge in [0.2, 0.25) is 0 Å². The van der Waals surface area contributed by atoms with Gasteiger partial charge >= 0.3 is 8.80 Å². The molecule has 3 radical (unpaired) electrons. The van der Waals surface area contributed by atoms with E-state index >= 15 is 0 Å². The Morgan fingerprint density at radius 2 is 1.00 bits per heavy atom. The minimum absolute atomic E-state index is 0.749. The number of hydrogen-bond acceptors (Lipinski definition) is 3. The van der Waals surface area contributed by atoms with Crippen molar-refractivity contribution in [3.63, 3.8) is 0 Å². The molecular weight excluding hydrogens is 256 g/mol. The molecule has 0 rings (SSSR count). The zero-order chi connectivity index (χ0) is 12.1. The highest BCUT2D eigenvalue weighted by Gasteiger charge is 2.41. The summed E-state index contributed by atoms with van der Waals surface area (Å²) >= 11 is 0. The number of hydrogen-bond donors (Lipinski definition) is 0. The van der Waals surface area contributed by atoms with E-state index in [4.69, 9.17) is 12.3 Å². The summed E-state index contributed by atoms with van der Waals surface area (Å²) in [5, 5.41) is 0. The van der Waals surface area contributed by atoms with Gasteiger partial charge in [-0.3, -0.25) is 0 Å². The summed E-state index contributed by atoms with van der Waals surface area (Å²) in [5.41, 5.74) is 0. The van der Waals surface area contributed by atoms with Crippen LogP contribution in [0.1, 0.15) is 6.92 Å². The molecule has 0 saturated heterocycles. The Morgan fingerprint density at radius 1 is 0.733 bits per heavy atom. The smallest absolute Gasteiger partial charge is 0.416 e. The van der Waals surface area contributed by atoms with E-state index in [2.05, 4.69) is 46.2 Å². The molecule has 0 saturated carbocycles. The van der Waals surface area contributed by atoms with Crippen molar-refractivity contribution in [2.75, 3.05) is 0 Å². The van der Waals surface area contributed by atoms with E-state index in [1.54, 1.807) is 0 Å². The zero-order valence-electron chi connectivity index (χ0n) is 10.9. The van der Waals surface area contributed by atoms with Gasteiger partial charge in [0.05, 0.1) is 0 Å². The second kappa shape index (κ2) is 7.15. The molecule has 0 unspecified atom stereocenters. The van der Waals surface area contributed by atoms with Gasteiger partial charge < -0.3 is 12.3 Å². The van der Waals surface area contributed by atoms with Crippen LogP contribution in [0.15, 0.2) is 0 Å². The van der Waals surface area contributed by atoms with Gasteiger partial charge in [-0.2, -0.15) is 0 Å². The van der Waals surface area contributed by atoms with Crippen LogP contribution in [-0.2, 0) is 12.3 Å². The largest absolute Gasteiger partial charge is 0.469 e. The van der Waals surface area contributed by atoms with Crippen molar-refractivity contribution in [2.24, 2.45) is 0 Å². The minimum atomic E-state index is -2.32. The topological polar surface area (TPSA) is 27.7 Å². The first-order chi connectivity index (χ1) is 6.81. The molecule has 0 aromatic rings. The quantitative estimate of drug-likeness (QED) is 0.671. The summed E-state index contributed by atoms with van der Waals surface area (Å²) in [6.07, 6.45) is 0. The first-order valence-electron chi connectivity index (χ1n) is 5.29. The van der Waals surface area contributed by atoms with Gasteiger partial charge in [-0.25, -0.2) is 0 Å². The first-order valence-corrected chi connectivity index (χ1v) is 14.4. The molecule has 0 amide bonds. The van der Waals surface area contributed by atoms with Gasteiger partial charge in [-0.15, -0.1) is 0 Å². The predicted octanol–water partition coefficient (Wildman–Crippen LogP) is 2.75. The lowest BCUT2D eigenvalue weighted by Gasteiger charge is -2.33. The summed E-state index contributed by atoms with van der Waals surface area (Å²) in [4.78, 5) is 0. The van der Waals surface area contributed by atoms with E-state index in [0.29, 0.717) is 0 Å². The van der Waals surface area contributed by atoms with Gasteiger partial charge in [-0.1, -0.05) is 6.92 Å². The van der Waals surface area contributed by atoms with Gasteiger partial charge in [-0.05, 0) is 39.3 Å². The molecule has 0 aliphatic rings. The zero-order valence-corrected chi connectivity index (χ0v) is 14.9. The van der Waals surface area contributed by atoms with Crippen molar-refractivity contribution in [2.45, 2.75) is 52.2 Å². The lowest BCUT2D eigenvalue weighted by molar-refractivity contribution is 0.270. The van der Waals surface area contributed by atoms with Crippen LogP contribution in [0, 0.1) is 0 Å². The van der Waals surface area contributed by atoms with Crippen LogP contribution in [0.3, 0.4) is 0 Å². The Balaban J connectivity index is 4.59. The summed E-state index contributed by atoms with van der Waals surface area (Å²) in [7, 11) is -4.57. The molecule has 0 aromatic carbocycles. The summed E-state index contributed by atoms with van der Waals surface area (Å²) in [5.74, 6) is 0. The Labute approximate surface area is 101 Å². The maximum atomic E-state index is 6.06. The molecule has 0 spiro atoms. The van der Waals surface area contributed by atoms with E-state index in [1.165, 1.54) is 0 Å². The van der Waals surface area contributed by atoms with Crippen molar-refractivity contribution in [3.8, 4) is 0 Å². The maximum Gasteiger partial charge on any atom is 0.469 e. The normalized spacial score (nSPS) is 13.2. The second-order valence-corrected chi connectivity index (χ2v) is 14.0. The van der Waals surface area contributed by atoms with E-state index in [0.717, 1.165) is 6.04 Å². The average molecular weight is 280 g/mol. The fourth-order valence-corrected chi connectivity index (χ4v) is 12.0. The van der Waals surface area contributed by atoms with Gasteiger partial charge in [0.15, 0.2) is 27.1 Å². The Morgan fingerprint density at radius 3 is 1.13 bits per heavy atom. The van der Waals surface area contributed by atoms with Gasteiger partial charge in [0.25, 0.3) is 0 Å². The molecule has 0 aliphatic heterocycles. The van der Waals surface area contributed by atoms with Crippen molar-refractivity contribution >= 4 is 35.9 Å². The van der Waals surface area contributed by atoms with Crippen LogP contribution in [0.2, 0.25) is 45.3 Å². The molecule has 0 aromatic heterocycles. The third-order valence-electron chi connectivity index (χ3n) is 1.51.